The van der Waals surface area contributed by atoms with Crippen LogP contribution in [0.25, 0.3) is 0 Å². The number of aryl methyl sites for hydroxylation is 2. The minimum absolute atomic E-state index is 0.118. The average molecular weight is 506 g/mol. The molecule has 35 heavy (non-hydrogen) atoms. The molecule has 0 unspecified atom stereocenters. The molecule has 3 aromatic rings. The third kappa shape index (κ3) is 4.09. The number of anilines is 2. The summed E-state index contributed by atoms with van der Waals surface area (Å²) in [5.74, 6) is -0.118. The Labute approximate surface area is 215 Å². The Balaban J connectivity index is 1.59. The van der Waals surface area contributed by atoms with Crippen molar-refractivity contribution in [3.05, 3.63) is 94.0 Å². The monoisotopic (exact) mass is 505 g/mol. The van der Waals surface area contributed by atoms with Crippen LogP contribution in [0.2, 0.25) is 5.02 Å². The van der Waals surface area contributed by atoms with Crippen molar-refractivity contribution in [1.29, 1.82) is 0 Å². The molecule has 0 aliphatic carbocycles. The van der Waals surface area contributed by atoms with Crippen molar-refractivity contribution in [2.75, 3.05) is 16.8 Å². The number of urea groups is 1. The largest absolute Gasteiger partial charge is 0.323 e. The fourth-order valence-electron chi connectivity index (χ4n) is 4.92. The molecule has 0 bridgehead atoms. The van der Waals surface area contributed by atoms with E-state index in [4.69, 9.17) is 11.6 Å². The number of nitrogens with zero attached hydrogens (tertiary/aromatic N) is 2. The van der Waals surface area contributed by atoms with Gasteiger partial charge in [0.05, 0.1) is 12.2 Å². The van der Waals surface area contributed by atoms with Crippen LogP contribution in [0.4, 0.5) is 16.2 Å². The zero-order chi connectivity index (χ0) is 25.0. The number of thioether (sulfide) groups is 1. The molecule has 2 heterocycles. The van der Waals surface area contributed by atoms with Gasteiger partial charge < -0.3 is 10.2 Å². The molecule has 7 heteroatoms. The zero-order valence-corrected chi connectivity index (χ0v) is 21.8. The van der Waals surface area contributed by atoms with Crippen molar-refractivity contribution >= 4 is 46.7 Å². The van der Waals surface area contributed by atoms with Crippen LogP contribution in [0.3, 0.4) is 0 Å². The summed E-state index contributed by atoms with van der Waals surface area (Å²) in [4.78, 5) is 30.4. The Bertz CT molecular complexity index is 1320. The molecular formula is C28H28ClN3O2S. The van der Waals surface area contributed by atoms with Crippen LogP contribution < -0.4 is 10.2 Å². The van der Waals surface area contributed by atoms with Crippen LogP contribution in [0, 0.1) is 13.8 Å². The van der Waals surface area contributed by atoms with Crippen molar-refractivity contribution in [1.82, 2.24) is 4.90 Å². The molecule has 1 spiro atoms. The zero-order valence-electron chi connectivity index (χ0n) is 20.3. The first-order chi connectivity index (χ1) is 16.6. The molecule has 1 fully saturated rings. The van der Waals surface area contributed by atoms with E-state index in [1.165, 1.54) is 11.8 Å². The first kappa shape index (κ1) is 23.8. The van der Waals surface area contributed by atoms with Gasteiger partial charge in [-0.05, 0) is 69.2 Å². The summed E-state index contributed by atoms with van der Waals surface area (Å²) in [6, 6.07) is 20.9. The van der Waals surface area contributed by atoms with Gasteiger partial charge in [-0.1, -0.05) is 53.6 Å². The number of amides is 3. The van der Waals surface area contributed by atoms with E-state index in [1.807, 2.05) is 74.5 Å². The van der Waals surface area contributed by atoms with E-state index in [0.29, 0.717) is 23.8 Å². The maximum Gasteiger partial charge on any atom is 0.323 e. The van der Waals surface area contributed by atoms with E-state index < -0.39 is 4.87 Å². The van der Waals surface area contributed by atoms with Gasteiger partial charge in [0, 0.05) is 27.6 Å². The maximum absolute atomic E-state index is 14.4. The molecule has 0 radical (unpaired) electrons. The lowest BCUT2D eigenvalue weighted by Gasteiger charge is -2.33. The number of benzene rings is 3. The summed E-state index contributed by atoms with van der Waals surface area (Å²) in [5, 5.41) is 3.55. The summed E-state index contributed by atoms with van der Waals surface area (Å²) in [6.45, 7) is 9.03. The second kappa shape index (κ2) is 8.61. The van der Waals surface area contributed by atoms with Crippen molar-refractivity contribution in [2.45, 2.75) is 43.9 Å². The van der Waals surface area contributed by atoms with E-state index in [1.54, 1.807) is 15.9 Å². The van der Waals surface area contributed by atoms with Gasteiger partial charge in [-0.25, -0.2) is 4.79 Å². The molecule has 2 aliphatic heterocycles. The molecule has 5 nitrogen and oxygen atoms in total. The van der Waals surface area contributed by atoms with E-state index in [-0.39, 0.29) is 16.7 Å². The minimum atomic E-state index is -1.19. The predicted molar refractivity (Wildman–Crippen MR) is 144 cm³/mol. The molecule has 2 aliphatic rings. The third-order valence-electron chi connectivity index (χ3n) is 6.63. The van der Waals surface area contributed by atoms with Crippen LogP contribution in [-0.2, 0) is 16.2 Å². The van der Waals surface area contributed by atoms with Gasteiger partial charge in [-0.3, -0.25) is 9.69 Å². The number of hydrogen-bond donors (Lipinski definition) is 1. The number of carbonyl (C=O) groups is 2. The topological polar surface area (TPSA) is 52.7 Å². The SMILES string of the molecule is Cc1ccc(NC(=O)N2CC(C)(C)S[C@@]23C(=O)N(Cc2ccccc2C)c2ccc(Cl)cc23)cc1. The van der Waals surface area contributed by atoms with Crippen LogP contribution >= 0.6 is 23.4 Å². The summed E-state index contributed by atoms with van der Waals surface area (Å²) >= 11 is 7.97. The quantitative estimate of drug-likeness (QED) is 0.430. The van der Waals surface area contributed by atoms with E-state index in [0.717, 1.165) is 27.9 Å². The fourth-order valence-corrected chi connectivity index (χ4v) is 6.81. The molecule has 1 atom stereocenters. The summed E-state index contributed by atoms with van der Waals surface area (Å²) in [7, 11) is 0. The van der Waals surface area contributed by atoms with Gasteiger partial charge in [-0.2, -0.15) is 0 Å². The Morgan fingerprint density at radius 2 is 1.77 bits per heavy atom. The lowest BCUT2D eigenvalue weighted by molar-refractivity contribution is -0.123. The summed E-state index contributed by atoms with van der Waals surface area (Å²) < 4.78 is -0.335. The predicted octanol–water partition coefficient (Wildman–Crippen LogP) is 6.72. The molecule has 180 valence electrons. The number of halogens is 1. The number of carbonyl (C=O) groups excluding carboxylic acids is 2. The molecule has 3 aromatic carbocycles. The second-order valence-corrected chi connectivity index (χ2v) is 12.2. The summed E-state index contributed by atoms with van der Waals surface area (Å²) in [5.41, 5.74) is 5.54. The minimum Gasteiger partial charge on any atom is -0.308 e. The van der Waals surface area contributed by atoms with E-state index in [9.17, 15) is 9.59 Å². The van der Waals surface area contributed by atoms with Crippen LogP contribution in [-0.4, -0.2) is 28.1 Å². The lowest BCUT2D eigenvalue weighted by atomic mass is 10.0. The van der Waals surface area contributed by atoms with Crippen LogP contribution in [0.5, 0.6) is 0 Å². The smallest absolute Gasteiger partial charge is 0.308 e. The Morgan fingerprint density at radius 3 is 2.49 bits per heavy atom. The average Bonchev–Trinajstić information content (AvgIpc) is 3.23. The Morgan fingerprint density at radius 1 is 1.06 bits per heavy atom. The van der Waals surface area contributed by atoms with Gasteiger partial charge in [0.25, 0.3) is 5.91 Å². The van der Waals surface area contributed by atoms with Crippen molar-refractivity contribution in [2.24, 2.45) is 0 Å². The Hall–Kier alpha value is -2.96. The highest BCUT2D eigenvalue weighted by atomic mass is 35.5. The molecule has 0 aromatic heterocycles. The standard InChI is InChI=1S/C28H28ClN3O2S/c1-18-9-12-22(13-10-18)30-26(34)32-17-27(3,4)35-28(32)23-15-21(29)11-14-24(23)31(25(28)33)16-20-8-6-5-7-19(20)2/h5-15H,16-17H2,1-4H3,(H,30,34)/t28-/m0/s1. The van der Waals surface area contributed by atoms with Crippen molar-refractivity contribution in [3.8, 4) is 0 Å². The maximum atomic E-state index is 14.4. The number of nitrogens with one attached hydrogen (secondary N) is 1. The van der Waals surface area contributed by atoms with Crippen molar-refractivity contribution in [3.63, 3.8) is 0 Å². The van der Waals surface area contributed by atoms with Gasteiger partial charge in [0.1, 0.15) is 0 Å². The van der Waals surface area contributed by atoms with E-state index >= 15 is 0 Å². The molecule has 5 rings (SSSR count). The highest BCUT2D eigenvalue weighted by Gasteiger charge is 2.63. The lowest BCUT2D eigenvalue weighted by Crippen LogP contribution is -2.51. The van der Waals surface area contributed by atoms with Gasteiger partial charge >= 0.3 is 6.03 Å². The summed E-state index contributed by atoms with van der Waals surface area (Å²) in [6.07, 6.45) is 0. The highest BCUT2D eigenvalue weighted by molar-refractivity contribution is 8.02. The van der Waals surface area contributed by atoms with Crippen molar-refractivity contribution < 1.29 is 9.59 Å². The van der Waals surface area contributed by atoms with Crippen LogP contribution in [0.1, 0.15) is 36.1 Å². The Kier molecular flexibility index (Phi) is 5.85. The number of rotatable bonds is 3. The number of fused-ring (bicyclic) bond motifs is 2. The number of hydrogen-bond acceptors (Lipinski definition) is 3. The first-order valence-electron chi connectivity index (χ1n) is 11.6. The fraction of sp³-hybridized carbons (Fsp3) is 0.286. The van der Waals surface area contributed by atoms with Crippen LogP contribution in [0.15, 0.2) is 66.7 Å². The normalized spacial score (nSPS) is 20.4. The molecule has 0 saturated carbocycles. The molecule has 3 amide bonds. The highest BCUT2D eigenvalue weighted by Crippen LogP contribution is 2.60. The first-order valence-corrected chi connectivity index (χ1v) is 12.8. The van der Waals surface area contributed by atoms with Gasteiger partial charge in [0.2, 0.25) is 0 Å². The molecule has 1 N–H and O–H groups in total. The molecule has 1 saturated heterocycles. The van der Waals surface area contributed by atoms with Gasteiger partial charge in [0.15, 0.2) is 4.87 Å². The van der Waals surface area contributed by atoms with Gasteiger partial charge in [-0.15, -0.1) is 11.8 Å². The van der Waals surface area contributed by atoms with E-state index in [2.05, 4.69) is 19.2 Å². The third-order valence-corrected chi connectivity index (χ3v) is 8.46. The second-order valence-electron chi connectivity index (χ2n) is 9.87. The molecular weight excluding hydrogens is 478 g/mol.